The Balaban J connectivity index is 0.00000196. The lowest BCUT2D eigenvalue weighted by Crippen LogP contribution is -2.09. The Morgan fingerprint density at radius 3 is 2.67 bits per heavy atom. The Kier molecular flexibility index (Phi) is 6.73. The molecule has 3 N–H and O–H groups in total. The topological polar surface area (TPSA) is 46.2 Å². The van der Waals surface area contributed by atoms with Gasteiger partial charge < -0.3 is 10.8 Å². The van der Waals surface area contributed by atoms with Crippen LogP contribution in [0.25, 0.3) is 0 Å². The Bertz CT molecular complexity index is 305. The van der Waals surface area contributed by atoms with Gasteiger partial charge >= 0.3 is 0 Å². The zero-order valence-electron chi connectivity index (χ0n) is 8.74. The van der Waals surface area contributed by atoms with E-state index in [9.17, 15) is 5.11 Å². The molecule has 0 amide bonds. The molecule has 1 atom stereocenters. The maximum atomic E-state index is 9.23. The minimum absolute atomic E-state index is 0. The Morgan fingerprint density at radius 2 is 2.13 bits per heavy atom. The van der Waals surface area contributed by atoms with Crippen LogP contribution < -0.4 is 5.73 Å². The quantitative estimate of drug-likeness (QED) is 0.856. The molecule has 86 valence electrons. The second-order valence-electron chi connectivity index (χ2n) is 3.46. The monoisotopic (exact) mass is 249 g/mol. The van der Waals surface area contributed by atoms with E-state index >= 15 is 0 Å². The summed E-state index contributed by atoms with van der Waals surface area (Å²) in [5.74, 6) is 0.109. The van der Waals surface area contributed by atoms with Gasteiger partial charge in [-0.1, -0.05) is 37.4 Å². The Labute approximate surface area is 102 Å². The fourth-order valence-electron chi connectivity index (χ4n) is 1.34. The summed E-state index contributed by atoms with van der Waals surface area (Å²) >= 11 is 5.79. The van der Waals surface area contributed by atoms with Crippen molar-refractivity contribution in [3.63, 3.8) is 0 Å². The summed E-state index contributed by atoms with van der Waals surface area (Å²) in [4.78, 5) is 0. The molecule has 0 unspecified atom stereocenters. The molecule has 0 radical (unpaired) electrons. The molecule has 0 aliphatic carbocycles. The van der Waals surface area contributed by atoms with Gasteiger partial charge in [0.25, 0.3) is 0 Å². The number of aromatic hydroxyl groups is 1. The number of unbranched alkanes of at least 4 members (excludes halogenated alkanes) is 1. The molecular weight excluding hydrogens is 233 g/mol. The van der Waals surface area contributed by atoms with Crippen LogP contribution in [0.5, 0.6) is 5.75 Å². The van der Waals surface area contributed by atoms with Gasteiger partial charge in [0.05, 0.1) is 5.02 Å². The lowest BCUT2D eigenvalue weighted by atomic mass is 10.0. The second kappa shape index (κ2) is 6.94. The summed E-state index contributed by atoms with van der Waals surface area (Å²) in [6, 6.07) is 5.16. The van der Waals surface area contributed by atoms with E-state index in [0.717, 1.165) is 24.8 Å². The number of hydrogen-bond donors (Lipinski definition) is 2. The number of phenolic OH excluding ortho intramolecular Hbond substituents is 1. The van der Waals surface area contributed by atoms with Crippen LogP contribution in [-0.4, -0.2) is 5.11 Å². The van der Waals surface area contributed by atoms with Crippen molar-refractivity contribution in [2.75, 3.05) is 0 Å². The normalized spacial score (nSPS) is 11.9. The maximum Gasteiger partial charge on any atom is 0.134 e. The summed E-state index contributed by atoms with van der Waals surface area (Å²) in [7, 11) is 0. The Morgan fingerprint density at radius 1 is 1.47 bits per heavy atom. The van der Waals surface area contributed by atoms with Gasteiger partial charge in [-0.25, -0.2) is 0 Å². The van der Waals surface area contributed by atoms with Crippen LogP contribution in [-0.2, 0) is 0 Å². The molecule has 1 rings (SSSR count). The van der Waals surface area contributed by atoms with Crippen molar-refractivity contribution >= 4 is 24.0 Å². The van der Waals surface area contributed by atoms with E-state index in [1.807, 2.05) is 6.07 Å². The van der Waals surface area contributed by atoms with Gasteiger partial charge in [0.2, 0.25) is 0 Å². The third-order valence-corrected chi connectivity index (χ3v) is 2.57. The van der Waals surface area contributed by atoms with E-state index in [0.29, 0.717) is 5.02 Å². The number of nitrogens with two attached hydrogens (primary N) is 1. The maximum absolute atomic E-state index is 9.23. The largest absolute Gasteiger partial charge is 0.506 e. The lowest BCUT2D eigenvalue weighted by molar-refractivity contribution is 0.475. The minimum Gasteiger partial charge on any atom is -0.506 e. The predicted molar refractivity (Wildman–Crippen MR) is 66.8 cm³/mol. The van der Waals surface area contributed by atoms with Crippen LogP contribution in [0.15, 0.2) is 18.2 Å². The molecule has 0 bridgehead atoms. The summed E-state index contributed by atoms with van der Waals surface area (Å²) in [6.07, 6.45) is 3.21. The van der Waals surface area contributed by atoms with Crippen molar-refractivity contribution in [1.82, 2.24) is 0 Å². The van der Waals surface area contributed by atoms with Crippen LogP contribution in [0, 0.1) is 0 Å². The van der Waals surface area contributed by atoms with Crippen LogP contribution in [0.2, 0.25) is 5.02 Å². The highest BCUT2D eigenvalue weighted by molar-refractivity contribution is 6.32. The molecule has 0 saturated carbocycles. The minimum atomic E-state index is 0. The predicted octanol–water partition coefficient (Wildman–Crippen LogP) is 3.66. The number of phenols is 1. The number of benzene rings is 1. The van der Waals surface area contributed by atoms with Crippen molar-refractivity contribution in [2.45, 2.75) is 32.2 Å². The van der Waals surface area contributed by atoms with E-state index in [1.54, 1.807) is 12.1 Å². The van der Waals surface area contributed by atoms with E-state index in [4.69, 9.17) is 17.3 Å². The van der Waals surface area contributed by atoms with E-state index < -0.39 is 0 Å². The van der Waals surface area contributed by atoms with Gasteiger partial charge in [-0.2, -0.15) is 0 Å². The lowest BCUT2D eigenvalue weighted by Gasteiger charge is -2.11. The average Bonchev–Trinajstić information content (AvgIpc) is 2.18. The zero-order valence-corrected chi connectivity index (χ0v) is 10.3. The SMILES string of the molecule is CCCC[C@H](N)c1ccc(O)c(Cl)c1.Cl. The molecule has 0 heterocycles. The molecule has 1 aromatic rings. The first-order chi connectivity index (χ1) is 6.65. The molecular formula is C11H17Cl2NO. The molecule has 2 nitrogen and oxygen atoms in total. The summed E-state index contributed by atoms with van der Waals surface area (Å²) < 4.78 is 0. The van der Waals surface area contributed by atoms with Crippen LogP contribution in [0.3, 0.4) is 0 Å². The smallest absolute Gasteiger partial charge is 0.134 e. The molecule has 1 aromatic carbocycles. The summed E-state index contributed by atoms with van der Waals surface area (Å²) in [5, 5.41) is 9.60. The fraction of sp³-hybridized carbons (Fsp3) is 0.455. The van der Waals surface area contributed by atoms with Crippen molar-refractivity contribution in [3.05, 3.63) is 28.8 Å². The molecule has 0 fully saturated rings. The summed E-state index contributed by atoms with van der Waals surface area (Å²) in [6.45, 7) is 2.14. The van der Waals surface area contributed by atoms with Crippen molar-refractivity contribution in [1.29, 1.82) is 0 Å². The molecule has 15 heavy (non-hydrogen) atoms. The van der Waals surface area contributed by atoms with Crippen molar-refractivity contribution < 1.29 is 5.11 Å². The third kappa shape index (κ3) is 4.29. The first-order valence-electron chi connectivity index (χ1n) is 4.89. The molecule has 0 saturated heterocycles. The first-order valence-corrected chi connectivity index (χ1v) is 5.27. The number of halogens is 2. The molecule has 0 aromatic heterocycles. The van der Waals surface area contributed by atoms with Crippen LogP contribution >= 0.6 is 24.0 Å². The second-order valence-corrected chi connectivity index (χ2v) is 3.87. The highest BCUT2D eigenvalue weighted by Gasteiger charge is 2.07. The highest BCUT2D eigenvalue weighted by Crippen LogP contribution is 2.27. The number of rotatable bonds is 4. The van der Waals surface area contributed by atoms with Crippen molar-refractivity contribution in [3.8, 4) is 5.75 Å². The molecule has 0 aliphatic heterocycles. The van der Waals surface area contributed by atoms with Gasteiger partial charge in [0.15, 0.2) is 0 Å². The molecule has 0 spiro atoms. The van der Waals surface area contributed by atoms with Gasteiger partial charge in [0.1, 0.15) is 5.75 Å². The molecule has 4 heteroatoms. The van der Waals surface area contributed by atoms with Gasteiger partial charge in [-0.05, 0) is 24.1 Å². The van der Waals surface area contributed by atoms with E-state index in [-0.39, 0.29) is 24.2 Å². The third-order valence-electron chi connectivity index (χ3n) is 2.27. The standard InChI is InChI=1S/C11H16ClNO.ClH/c1-2-3-4-10(13)8-5-6-11(14)9(12)7-8;/h5-7,10,14H,2-4,13H2,1H3;1H/t10-;/m0./s1. The first kappa shape index (κ1) is 14.6. The van der Waals surface area contributed by atoms with Crippen LogP contribution in [0.1, 0.15) is 37.8 Å². The van der Waals surface area contributed by atoms with E-state index in [2.05, 4.69) is 6.92 Å². The van der Waals surface area contributed by atoms with Gasteiger partial charge in [-0.15, -0.1) is 12.4 Å². The van der Waals surface area contributed by atoms with Gasteiger partial charge in [-0.3, -0.25) is 0 Å². The zero-order chi connectivity index (χ0) is 10.6. The van der Waals surface area contributed by atoms with Gasteiger partial charge in [0, 0.05) is 6.04 Å². The summed E-state index contributed by atoms with van der Waals surface area (Å²) in [5.41, 5.74) is 6.95. The molecule has 0 aliphatic rings. The Hall–Kier alpha value is -0.440. The fourth-order valence-corrected chi connectivity index (χ4v) is 1.53. The van der Waals surface area contributed by atoms with Crippen LogP contribution in [0.4, 0.5) is 0 Å². The van der Waals surface area contributed by atoms with Crippen molar-refractivity contribution in [2.24, 2.45) is 5.73 Å². The average molecular weight is 250 g/mol. The number of hydrogen-bond acceptors (Lipinski definition) is 2. The van der Waals surface area contributed by atoms with E-state index in [1.165, 1.54) is 0 Å². The highest BCUT2D eigenvalue weighted by atomic mass is 35.5.